The van der Waals surface area contributed by atoms with Gasteiger partial charge in [0.1, 0.15) is 0 Å². The minimum Gasteiger partial charge on any atom is -0.321 e. The second-order valence-corrected chi connectivity index (χ2v) is 8.10. The number of para-hydroxylation sites is 1. The molecule has 0 unspecified atom stereocenters. The highest BCUT2D eigenvalue weighted by Gasteiger charge is 2.19. The van der Waals surface area contributed by atoms with E-state index in [-0.39, 0.29) is 5.30 Å². The van der Waals surface area contributed by atoms with E-state index in [2.05, 4.69) is 22.0 Å². The average molecular weight is 402 g/mol. The zero-order chi connectivity index (χ0) is 16.9. The Hall–Kier alpha value is -1.91. The number of halogens is 1. The van der Waals surface area contributed by atoms with Gasteiger partial charge in [0.25, 0.3) is 0 Å². The number of fused-ring (bicyclic) bond motifs is 3. The Balaban J connectivity index is 2.11. The second kappa shape index (κ2) is 5.57. The highest BCUT2D eigenvalue weighted by molar-refractivity contribution is 9.10. The molecule has 1 heterocycles. The molecule has 0 bridgehead atoms. The summed E-state index contributed by atoms with van der Waals surface area (Å²) >= 11 is 3.51. The Morgan fingerprint density at radius 1 is 0.833 bits per heavy atom. The van der Waals surface area contributed by atoms with Gasteiger partial charge in [-0.25, -0.2) is 0 Å². The smallest absolute Gasteiger partial charge is 0.321 e. The molecule has 24 heavy (non-hydrogen) atoms. The van der Waals surface area contributed by atoms with Crippen LogP contribution < -0.4 is 5.30 Å². The van der Waals surface area contributed by atoms with E-state index in [0.717, 1.165) is 32.0 Å². The van der Waals surface area contributed by atoms with E-state index in [1.807, 2.05) is 47.0 Å². The van der Waals surface area contributed by atoms with E-state index in [9.17, 15) is 14.4 Å². The summed E-state index contributed by atoms with van der Waals surface area (Å²) in [4.78, 5) is 18.9. The average Bonchev–Trinajstić information content (AvgIpc) is 2.88. The van der Waals surface area contributed by atoms with Crippen molar-refractivity contribution in [3.8, 4) is 5.69 Å². The van der Waals surface area contributed by atoms with Gasteiger partial charge in [0.2, 0.25) is 0 Å². The third kappa shape index (κ3) is 2.50. The first kappa shape index (κ1) is 15.6. The fourth-order valence-corrected chi connectivity index (χ4v) is 3.98. The molecular weight excluding hydrogens is 389 g/mol. The lowest BCUT2D eigenvalue weighted by Crippen LogP contribution is -2.06. The molecule has 0 aliphatic carbocycles. The van der Waals surface area contributed by atoms with Crippen LogP contribution in [0.5, 0.6) is 0 Å². The van der Waals surface area contributed by atoms with Crippen LogP contribution in [0, 0.1) is 0 Å². The molecule has 0 amide bonds. The molecular formula is C18H13BrNO3P. The fourth-order valence-electron chi connectivity index (χ4n) is 3.04. The molecule has 4 nitrogen and oxygen atoms in total. The Morgan fingerprint density at radius 3 is 2.38 bits per heavy atom. The van der Waals surface area contributed by atoms with E-state index >= 15 is 0 Å². The lowest BCUT2D eigenvalue weighted by Gasteiger charge is -2.10. The van der Waals surface area contributed by atoms with Gasteiger partial charge in [-0.15, -0.1) is 0 Å². The topological polar surface area (TPSA) is 62.5 Å². The van der Waals surface area contributed by atoms with Crippen LogP contribution in [-0.4, -0.2) is 14.4 Å². The number of nitrogens with zero attached hydrogens (tertiary/aromatic N) is 1. The van der Waals surface area contributed by atoms with Crippen molar-refractivity contribution in [1.82, 2.24) is 4.57 Å². The molecule has 6 heteroatoms. The first-order valence-electron chi connectivity index (χ1n) is 7.30. The number of hydrogen-bond acceptors (Lipinski definition) is 1. The zero-order valence-electron chi connectivity index (χ0n) is 12.4. The van der Waals surface area contributed by atoms with Gasteiger partial charge in [-0.1, -0.05) is 40.2 Å². The molecule has 0 radical (unpaired) electrons. The number of hydrogen-bond donors (Lipinski definition) is 2. The van der Waals surface area contributed by atoms with Crippen molar-refractivity contribution in [2.75, 3.05) is 0 Å². The summed E-state index contributed by atoms with van der Waals surface area (Å²) in [7, 11) is -4.30. The molecule has 120 valence electrons. The molecule has 0 saturated carbocycles. The van der Waals surface area contributed by atoms with E-state index in [4.69, 9.17) is 0 Å². The largest absolute Gasteiger partial charge is 0.356 e. The third-order valence-corrected chi connectivity index (χ3v) is 5.50. The lowest BCUT2D eigenvalue weighted by molar-refractivity contribution is 0.387. The van der Waals surface area contributed by atoms with Crippen LogP contribution in [0.2, 0.25) is 0 Å². The van der Waals surface area contributed by atoms with Crippen LogP contribution in [0.3, 0.4) is 0 Å². The molecule has 4 aromatic rings. The minimum absolute atomic E-state index is 0.0167. The van der Waals surface area contributed by atoms with Gasteiger partial charge in [0.15, 0.2) is 0 Å². The number of benzene rings is 3. The highest BCUT2D eigenvalue weighted by Crippen LogP contribution is 2.36. The molecule has 0 fully saturated rings. The van der Waals surface area contributed by atoms with Crippen LogP contribution in [-0.2, 0) is 4.57 Å². The monoisotopic (exact) mass is 401 g/mol. The molecule has 0 aliphatic heterocycles. The van der Waals surface area contributed by atoms with Gasteiger partial charge in [-0.3, -0.25) is 4.57 Å². The van der Waals surface area contributed by atoms with Gasteiger partial charge in [0.05, 0.1) is 16.3 Å². The summed E-state index contributed by atoms with van der Waals surface area (Å²) in [6.07, 6.45) is 0. The van der Waals surface area contributed by atoms with Gasteiger partial charge >= 0.3 is 7.60 Å². The van der Waals surface area contributed by atoms with Crippen molar-refractivity contribution < 1.29 is 14.4 Å². The summed E-state index contributed by atoms with van der Waals surface area (Å²) in [5.74, 6) is 0. The Morgan fingerprint density at radius 2 is 1.58 bits per heavy atom. The first-order chi connectivity index (χ1) is 11.4. The SMILES string of the molecule is O=P(O)(O)c1cccc(-n2c3ccccc3c3cc(Br)ccc32)c1. The van der Waals surface area contributed by atoms with Crippen molar-refractivity contribution in [3.63, 3.8) is 0 Å². The van der Waals surface area contributed by atoms with Gasteiger partial charge < -0.3 is 14.4 Å². The second-order valence-electron chi connectivity index (χ2n) is 5.58. The minimum atomic E-state index is -4.30. The molecule has 0 atom stereocenters. The maximum absolute atomic E-state index is 11.6. The molecule has 0 saturated heterocycles. The molecule has 4 rings (SSSR count). The van der Waals surface area contributed by atoms with Gasteiger partial charge in [0, 0.05) is 20.9 Å². The summed E-state index contributed by atoms with van der Waals surface area (Å²) < 4.78 is 14.6. The van der Waals surface area contributed by atoms with Crippen LogP contribution >= 0.6 is 23.5 Å². The summed E-state index contributed by atoms with van der Waals surface area (Å²) in [6, 6.07) is 20.5. The Kier molecular flexibility index (Phi) is 3.62. The van der Waals surface area contributed by atoms with Crippen molar-refractivity contribution in [1.29, 1.82) is 0 Å². The maximum Gasteiger partial charge on any atom is 0.356 e. The van der Waals surface area contributed by atoms with E-state index in [0.29, 0.717) is 0 Å². The number of rotatable bonds is 2. The van der Waals surface area contributed by atoms with Crippen LogP contribution in [0.4, 0.5) is 0 Å². The Labute approximate surface area is 146 Å². The van der Waals surface area contributed by atoms with Crippen molar-refractivity contribution in [2.24, 2.45) is 0 Å². The molecule has 0 aliphatic rings. The van der Waals surface area contributed by atoms with Gasteiger partial charge in [-0.05, 0) is 42.5 Å². The quantitative estimate of drug-likeness (QED) is 0.490. The highest BCUT2D eigenvalue weighted by atomic mass is 79.9. The Bertz CT molecular complexity index is 1130. The van der Waals surface area contributed by atoms with E-state index in [1.165, 1.54) is 6.07 Å². The van der Waals surface area contributed by atoms with Crippen LogP contribution in [0.1, 0.15) is 0 Å². The first-order valence-corrected chi connectivity index (χ1v) is 9.71. The predicted molar refractivity (Wildman–Crippen MR) is 100 cm³/mol. The van der Waals surface area contributed by atoms with Crippen molar-refractivity contribution in [3.05, 3.63) is 71.2 Å². The van der Waals surface area contributed by atoms with E-state index < -0.39 is 7.60 Å². The standard InChI is InChI=1S/C18H13BrNO3P/c19-12-8-9-18-16(10-12)15-6-1-2-7-17(15)20(18)13-4-3-5-14(11-13)24(21,22)23/h1-11H,(H2,21,22,23). The predicted octanol–water partition coefficient (Wildman–Crippen LogP) is 4.35. The lowest BCUT2D eigenvalue weighted by atomic mass is 10.2. The molecule has 1 aromatic heterocycles. The van der Waals surface area contributed by atoms with Crippen molar-refractivity contribution in [2.45, 2.75) is 0 Å². The summed E-state index contributed by atoms with van der Waals surface area (Å²) in [5, 5.41) is 2.19. The summed E-state index contributed by atoms with van der Waals surface area (Å²) in [5.41, 5.74) is 2.71. The van der Waals surface area contributed by atoms with Crippen molar-refractivity contribution >= 4 is 50.6 Å². The third-order valence-electron chi connectivity index (χ3n) is 4.06. The van der Waals surface area contributed by atoms with E-state index in [1.54, 1.807) is 12.1 Å². The van der Waals surface area contributed by atoms with Gasteiger partial charge in [-0.2, -0.15) is 0 Å². The normalized spacial score (nSPS) is 12.1. The van der Waals surface area contributed by atoms with Crippen LogP contribution in [0.25, 0.3) is 27.5 Å². The number of aromatic nitrogens is 1. The maximum atomic E-state index is 11.6. The fraction of sp³-hybridized carbons (Fsp3) is 0. The van der Waals surface area contributed by atoms with Crippen LogP contribution in [0.15, 0.2) is 71.2 Å². The molecule has 3 aromatic carbocycles. The zero-order valence-corrected chi connectivity index (χ0v) is 14.9. The summed E-state index contributed by atoms with van der Waals surface area (Å²) in [6.45, 7) is 0. The molecule has 2 N–H and O–H groups in total. The molecule has 0 spiro atoms.